The molecule has 3 rings (SSSR count). The fourth-order valence-corrected chi connectivity index (χ4v) is 4.65. The van der Waals surface area contributed by atoms with Crippen LogP contribution in [0.15, 0.2) is 30.3 Å². The predicted molar refractivity (Wildman–Crippen MR) is 116 cm³/mol. The number of nitrogens with zero attached hydrogens (tertiary/aromatic N) is 1. The highest BCUT2D eigenvalue weighted by atomic mass is 16.5. The third kappa shape index (κ3) is 6.76. The van der Waals surface area contributed by atoms with Crippen molar-refractivity contribution < 1.29 is 29.5 Å². The second kappa shape index (κ2) is 12.2. The number of benzene rings is 1. The van der Waals surface area contributed by atoms with Crippen LogP contribution in [0.25, 0.3) is 0 Å². The Hall–Kier alpha value is -1.96. The summed E-state index contributed by atoms with van der Waals surface area (Å²) in [6.45, 7) is 2.14. The Morgan fingerprint density at radius 1 is 1.13 bits per heavy atom. The summed E-state index contributed by atoms with van der Waals surface area (Å²) in [6, 6.07) is 9.17. The van der Waals surface area contributed by atoms with Gasteiger partial charge in [-0.2, -0.15) is 0 Å². The van der Waals surface area contributed by atoms with E-state index < -0.39 is 6.04 Å². The first-order valence-corrected chi connectivity index (χ1v) is 11.5. The van der Waals surface area contributed by atoms with E-state index in [4.69, 9.17) is 14.2 Å². The number of amides is 1. The van der Waals surface area contributed by atoms with Crippen molar-refractivity contribution in [2.24, 2.45) is 5.92 Å². The number of methoxy groups -OCH3 is 1. The zero-order chi connectivity index (χ0) is 22.1. The van der Waals surface area contributed by atoms with E-state index in [1.54, 1.807) is 4.90 Å². The summed E-state index contributed by atoms with van der Waals surface area (Å²) < 4.78 is 16.6. The molecule has 0 radical (unpaired) electrons. The van der Waals surface area contributed by atoms with Crippen LogP contribution in [-0.4, -0.2) is 61.8 Å². The molecule has 1 aromatic rings. The first-order valence-electron chi connectivity index (χ1n) is 11.5. The maximum Gasteiger partial charge on any atom is 0.328 e. The molecule has 1 aromatic carbocycles. The average Bonchev–Trinajstić information content (AvgIpc) is 3.25. The number of quaternary nitrogens is 1. The van der Waals surface area contributed by atoms with Crippen LogP contribution in [-0.2, 0) is 30.4 Å². The topological polar surface area (TPSA) is 92.7 Å². The lowest BCUT2D eigenvalue weighted by atomic mass is 9.83. The Balaban J connectivity index is 1.44. The van der Waals surface area contributed by atoms with Gasteiger partial charge < -0.3 is 24.8 Å². The first-order chi connectivity index (χ1) is 15.1. The molecule has 1 aliphatic carbocycles. The molecule has 0 aromatic heterocycles. The number of carbonyl (C=O) groups excluding carboxylic acids is 2. The van der Waals surface area contributed by atoms with E-state index >= 15 is 0 Å². The molecule has 1 aliphatic heterocycles. The quantitative estimate of drug-likeness (QED) is 0.450. The summed E-state index contributed by atoms with van der Waals surface area (Å²) >= 11 is 0. The molecule has 2 aliphatic rings. The van der Waals surface area contributed by atoms with Crippen LogP contribution in [0, 0.1) is 5.92 Å². The third-order valence-corrected chi connectivity index (χ3v) is 6.45. The summed E-state index contributed by atoms with van der Waals surface area (Å²) in [4.78, 5) is 27.1. The number of hydrogen-bond donors (Lipinski definition) is 1. The minimum atomic E-state index is -0.579. The van der Waals surface area contributed by atoms with E-state index in [0.717, 1.165) is 37.7 Å². The summed E-state index contributed by atoms with van der Waals surface area (Å²) in [5, 5.41) is 0. The second-order valence-corrected chi connectivity index (χ2v) is 8.65. The van der Waals surface area contributed by atoms with Gasteiger partial charge in [0.15, 0.2) is 6.04 Å². The molecule has 1 heterocycles. The van der Waals surface area contributed by atoms with Crippen molar-refractivity contribution in [1.82, 2.24) is 4.90 Å². The Morgan fingerprint density at radius 2 is 1.87 bits per heavy atom. The van der Waals surface area contributed by atoms with Gasteiger partial charge >= 0.3 is 5.97 Å². The molecular formula is C24H37N2O5+. The van der Waals surface area contributed by atoms with Gasteiger partial charge in [-0.05, 0) is 24.8 Å². The Bertz CT molecular complexity index is 692. The van der Waals surface area contributed by atoms with Crippen molar-refractivity contribution in [2.45, 2.75) is 69.7 Å². The highest BCUT2D eigenvalue weighted by Crippen LogP contribution is 2.28. The summed E-state index contributed by atoms with van der Waals surface area (Å²) in [5.41, 5.74) is 5.32. The molecule has 0 spiro atoms. The number of carbonyl (C=O) groups is 2. The first kappa shape index (κ1) is 23.7. The SMILES string of the molecule is COC(=O)C1CC(OCCCOCc2ccccc2)CN1C(=O)C([NH3+])C1CCCCC1. The monoisotopic (exact) mass is 433 g/mol. The van der Waals surface area contributed by atoms with Crippen LogP contribution in [0.2, 0.25) is 0 Å². The highest BCUT2D eigenvalue weighted by molar-refractivity contribution is 5.87. The molecule has 1 amide bonds. The second-order valence-electron chi connectivity index (χ2n) is 8.65. The van der Waals surface area contributed by atoms with Gasteiger partial charge in [-0.3, -0.25) is 4.79 Å². The standard InChI is InChI=1S/C24H36N2O5/c1-29-24(28)21-15-20(31-14-8-13-30-17-18-9-4-2-5-10-18)16-26(21)23(27)22(25)19-11-6-3-7-12-19/h2,4-5,9-10,19-22H,3,6-8,11-17,25H2,1H3/p+1. The van der Waals surface area contributed by atoms with Crippen molar-refractivity contribution in [3.05, 3.63) is 35.9 Å². The van der Waals surface area contributed by atoms with Gasteiger partial charge in [0.2, 0.25) is 0 Å². The van der Waals surface area contributed by atoms with E-state index in [2.05, 4.69) is 5.73 Å². The highest BCUT2D eigenvalue weighted by Gasteiger charge is 2.44. The molecule has 3 N–H and O–H groups in total. The van der Waals surface area contributed by atoms with Crippen LogP contribution in [0.3, 0.4) is 0 Å². The number of esters is 1. The van der Waals surface area contributed by atoms with Gasteiger partial charge in [-0.25, -0.2) is 4.79 Å². The van der Waals surface area contributed by atoms with E-state index in [-0.39, 0.29) is 24.0 Å². The van der Waals surface area contributed by atoms with Crippen LogP contribution in [0.4, 0.5) is 0 Å². The average molecular weight is 434 g/mol. The fourth-order valence-electron chi connectivity index (χ4n) is 4.65. The molecular weight excluding hydrogens is 396 g/mol. The maximum absolute atomic E-state index is 13.2. The van der Waals surface area contributed by atoms with Gasteiger partial charge in [0.25, 0.3) is 5.91 Å². The summed E-state index contributed by atoms with van der Waals surface area (Å²) in [7, 11) is 1.37. The largest absolute Gasteiger partial charge is 0.467 e. The molecule has 0 bridgehead atoms. The lowest BCUT2D eigenvalue weighted by Gasteiger charge is -2.29. The lowest BCUT2D eigenvalue weighted by molar-refractivity contribution is -0.420. The Labute approximate surface area is 185 Å². The van der Waals surface area contributed by atoms with Crippen molar-refractivity contribution in [1.29, 1.82) is 0 Å². The maximum atomic E-state index is 13.2. The normalized spacial score (nSPS) is 23.0. The van der Waals surface area contributed by atoms with E-state index in [0.29, 0.717) is 38.7 Å². The smallest absolute Gasteiger partial charge is 0.328 e. The van der Waals surface area contributed by atoms with Crippen molar-refractivity contribution in [2.75, 3.05) is 26.9 Å². The molecule has 3 atom stereocenters. The Kier molecular flexibility index (Phi) is 9.31. The molecule has 31 heavy (non-hydrogen) atoms. The molecule has 172 valence electrons. The number of likely N-dealkylation sites (tertiary alicyclic amines) is 1. The van der Waals surface area contributed by atoms with E-state index in [1.165, 1.54) is 13.5 Å². The number of ether oxygens (including phenoxy) is 3. The van der Waals surface area contributed by atoms with Crippen molar-refractivity contribution in [3.8, 4) is 0 Å². The van der Waals surface area contributed by atoms with E-state index in [9.17, 15) is 9.59 Å². The lowest BCUT2D eigenvalue weighted by Crippen LogP contribution is -2.71. The Morgan fingerprint density at radius 3 is 2.58 bits per heavy atom. The van der Waals surface area contributed by atoms with Gasteiger partial charge in [0.1, 0.15) is 6.04 Å². The molecule has 3 unspecified atom stereocenters. The number of hydrogen-bond acceptors (Lipinski definition) is 5. The molecule has 7 heteroatoms. The fraction of sp³-hybridized carbons (Fsp3) is 0.667. The molecule has 2 fully saturated rings. The molecule has 1 saturated heterocycles. The molecule has 1 saturated carbocycles. The molecule has 7 nitrogen and oxygen atoms in total. The van der Waals surface area contributed by atoms with Crippen molar-refractivity contribution in [3.63, 3.8) is 0 Å². The minimum Gasteiger partial charge on any atom is -0.467 e. The summed E-state index contributed by atoms with van der Waals surface area (Å²) in [5.74, 6) is -0.109. The van der Waals surface area contributed by atoms with Crippen LogP contribution in [0.5, 0.6) is 0 Å². The van der Waals surface area contributed by atoms with Gasteiger partial charge in [0, 0.05) is 32.1 Å². The van der Waals surface area contributed by atoms with Crippen LogP contribution >= 0.6 is 0 Å². The van der Waals surface area contributed by atoms with Crippen LogP contribution in [0.1, 0.15) is 50.5 Å². The summed E-state index contributed by atoms with van der Waals surface area (Å²) in [6.07, 6.45) is 6.70. The van der Waals surface area contributed by atoms with Crippen LogP contribution < -0.4 is 5.73 Å². The van der Waals surface area contributed by atoms with E-state index in [1.807, 2.05) is 30.3 Å². The number of rotatable bonds is 10. The third-order valence-electron chi connectivity index (χ3n) is 6.45. The predicted octanol–water partition coefficient (Wildman–Crippen LogP) is 1.94. The zero-order valence-electron chi connectivity index (χ0n) is 18.7. The van der Waals surface area contributed by atoms with Gasteiger partial charge in [-0.15, -0.1) is 0 Å². The zero-order valence-corrected chi connectivity index (χ0v) is 18.7. The van der Waals surface area contributed by atoms with Gasteiger partial charge in [0.05, 0.1) is 19.8 Å². The van der Waals surface area contributed by atoms with Crippen molar-refractivity contribution >= 4 is 11.9 Å². The van der Waals surface area contributed by atoms with Gasteiger partial charge in [-0.1, -0.05) is 49.6 Å². The minimum absolute atomic E-state index is 0.0420.